The molecule has 146 valence electrons. The van der Waals surface area contributed by atoms with Gasteiger partial charge in [-0.15, -0.1) is 8.78 Å². The fraction of sp³-hybridized carbons (Fsp3) is 0.125. The maximum absolute atomic E-state index is 13.0. The first-order chi connectivity index (χ1) is 13.1. The molecular formula is C16H11F2N3O7. The van der Waals surface area contributed by atoms with Gasteiger partial charge in [-0.2, -0.15) is 0 Å². The lowest BCUT2D eigenvalue weighted by Crippen LogP contribution is -2.25. The third kappa shape index (κ3) is 4.06. The summed E-state index contributed by atoms with van der Waals surface area (Å²) in [7, 11) is 0. The summed E-state index contributed by atoms with van der Waals surface area (Å²) in [6.45, 7) is -0.721. The van der Waals surface area contributed by atoms with E-state index in [-0.39, 0.29) is 28.4 Å². The molecule has 0 spiro atoms. The van der Waals surface area contributed by atoms with E-state index in [1.54, 1.807) is 0 Å². The minimum Gasteiger partial charge on any atom is -0.452 e. The number of nitrogen functional groups attached to an aromatic ring is 1. The van der Waals surface area contributed by atoms with E-state index in [0.717, 1.165) is 18.2 Å². The summed E-state index contributed by atoms with van der Waals surface area (Å²) in [4.78, 5) is 33.9. The van der Waals surface area contributed by atoms with Gasteiger partial charge in [0, 0.05) is 17.8 Å². The Kier molecular flexibility index (Phi) is 4.69. The molecule has 0 aliphatic carbocycles. The first-order valence-electron chi connectivity index (χ1n) is 7.55. The zero-order valence-electron chi connectivity index (χ0n) is 13.8. The van der Waals surface area contributed by atoms with E-state index >= 15 is 0 Å². The number of hydrogen-bond donors (Lipinski definition) is 2. The average Bonchev–Trinajstić information content (AvgIpc) is 2.92. The fourth-order valence-corrected chi connectivity index (χ4v) is 2.27. The summed E-state index contributed by atoms with van der Waals surface area (Å²) >= 11 is 0. The molecule has 1 heterocycles. The number of nitrogens with zero attached hydrogens (tertiary/aromatic N) is 1. The third-order valence-corrected chi connectivity index (χ3v) is 3.48. The highest BCUT2D eigenvalue weighted by Crippen LogP contribution is 2.42. The quantitative estimate of drug-likeness (QED) is 0.340. The lowest BCUT2D eigenvalue weighted by Gasteiger charge is -2.07. The van der Waals surface area contributed by atoms with Crippen molar-refractivity contribution >= 4 is 28.9 Å². The molecular weight excluding hydrogens is 384 g/mol. The Morgan fingerprint density at radius 2 is 1.89 bits per heavy atom. The van der Waals surface area contributed by atoms with Crippen molar-refractivity contribution in [3.05, 3.63) is 52.1 Å². The minimum atomic E-state index is -3.79. The largest absolute Gasteiger partial charge is 0.586 e. The van der Waals surface area contributed by atoms with Gasteiger partial charge < -0.3 is 25.3 Å². The van der Waals surface area contributed by atoms with Crippen LogP contribution in [0.5, 0.6) is 11.5 Å². The van der Waals surface area contributed by atoms with Crippen LogP contribution < -0.4 is 20.5 Å². The Labute approximate surface area is 154 Å². The van der Waals surface area contributed by atoms with Gasteiger partial charge in [-0.1, -0.05) is 0 Å². The molecule has 0 unspecified atom stereocenters. The number of esters is 1. The monoisotopic (exact) mass is 395 g/mol. The van der Waals surface area contributed by atoms with Crippen LogP contribution >= 0.6 is 0 Å². The number of benzene rings is 2. The van der Waals surface area contributed by atoms with Crippen LogP contribution in [0.2, 0.25) is 0 Å². The Morgan fingerprint density at radius 1 is 1.18 bits per heavy atom. The van der Waals surface area contributed by atoms with Gasteiger partial charge in [-0.05, 0) is 24.3 Å². The van der Waals surface area contributed by atoms with E-state index in [2.05, 4.69) is 14.8 Å². The zero-order valence-corrected chi connectivity index (χ0v) is 13.8. The van der Waals surface area contributed by atoms with Crippen LogP contribution in [-0.4, -0.2) is 29.7 Å². The van der Waals surface area contributed by atoms with Gasteiger partial charge in [0.1, 0.15) is 5.69 Å². The van der Waals surface area contributed by atoms with Crippen molar-refractivity contribution in [3.8, 4) is 11.5 Å². The van der Waals surface area contributed by atoms with Crippen molar-refractivity contribution in [3.63, 3.8) is 0 Å². The number of halogens is 2. The lowest BCUT2D eigenvalue weighted by atomic mass is 10.2. The highest BCUT2D eigenvalue weighted by Gasteiger charge is 2.43. The predicted molar refractivity (Wildman–Crippen MR) is 89.1 cm³/mol. The molecule has 2 aromatic carbocycles. The van der Waals surface area contributed by atoms with E-state index in [1.165, 1.54) is 18.2 Å². The van der Waals surface area contributed by atoms with Crippen LogP contribution in [0, 0.1) is 10.1 Å². The second-order valence-electron chi connectivity index (χ2n) is 5.48. The molecule has 12 heteroatoms. The van der Waals surface area contributed by atoms with E-state index in [0.29, 0.717) is 0 Å². The van der Waals surface area contributed by atoms with Crippen molar-refractivity contribution in [1.29, 1.82) is 0 Å². The van der Waals surface area contributed by atoms with Gasteiger partial charge in [0.15, 0.2) is 18.1 Å². The van der Waals surface area contributed by atoms with Crippen LogP contribution in [0.3, 0.4) is 0 Å². The van der Waals surface area contributed by atoms with Crippen molar-refractivity contribution in [2.45, 2.75) is 6.29 Å². The molecule has 1 aliphatic rings. The van der Waals surface area contributed by atoms with E-state index in [4.69, 9.17) is 10.5 Å². The van der Waals surface area contributed by atoms with E-state index < -0.39 is 35.4 Å². The minimum absolute atomic E-state index is 0.101. The summed E-state index contributed by atoms with van der Waals surface area (Å²) in [5, 5.41) is 13.1. The fourth-order valence-electron chi connectivity index (χ4n) is 2.27. The molecule has 1 aliphatic heterocycles. The summed E-state index contributed by atoms with van der Waals surface area (Å²) < 4.78 is 39.2. The summed E-state index contributed by atoms with van der Waals surface area (Å²) in [5.41, 5.74) is 4.76. The number of hydrogen-bond acceptors (Lipinski definition) is 8. The molecule has 0 fully saturated rings. The second kappa shape index (κ2) is 6.98. The predicted octanol–water partition coefficient (Wildman–Crippen LogP) is 2.29. The Bertz CT molecular complexity index is 981. The maximum Gasteiger partial charge on any atom is 0.586 e. The first kappa shape index (κ1) is 18.8. The third-order valence-electron chi connectivity index (χ3n) is 3.48. The molecule has 10 nitrogen and oxygen atoms in total. The molecule has 0 bridgehead atoms. The van der Waals surface area contributed by atoms with Crippen molar-refractivity contribution in [1.82, 2.24) is 0 Å². The van der Waals surface area contributed by atoms with Gasteiger partial charge in [0.2, 0.25) is 0 Å². The van der Waals surface area contributed by atoms with Gasteiger partial charge in [0.05, 0.1) is 10.5 Å². The number of fused-ring (bicyclic) bond motifs is 1. The van der Waals surface area contributed by atoms with Crippen molar-refractivity contribution in [2.75, 3.05) is 17.7 Å². The number of rotatable bonds is 5. The van der Waals surface area contributed by atoms with Gasteiger partial charge in [0.25, 0.3) is 11.6 Å². The van der Waals surface area contributed by atoms with Crippen LogP contribution in [0.25, 0.3) is 0 Å². The van der Waals surface area contributed by atoms with Crippen molar-refractivity contribution in [2.24, 2.45) is 0 Å². The molecule has 0 radical (unpaired) electrons. The second-order valence-corrected chi connectivity index (χ2v) is 5.48. The van der Waals surface area contributed by atoms with Crippen LogP contribution in [-0.2, 0) is 9.53 Å². The topological polar surface area (TPSA) is 143 Å². The smallest absolute Gasteiger partial charge is 0.452 e. The summed E-state index contributed by atoms with van der Waals surface area (Å²) in [6.07, 6.45) is -3.79. The van der Waals surface area contributed by atoms with Crippen LogP contribution in [0.1, 0.15) is 10.4 Å². The number of ether oxygens (including phenoxy) is 3. The van der Waals surface area contributed by atoms with Crippen LogP contribution in [0.15, 0.2) is 36.4 Å². The molecule has 0 atom stereocenters. The zero-order chi connectivity index (χ0) is 20.5. The molecule has 1 amide bonds. The highest BCUT2D eigenvalue weighted by atomic mass is 19.3. The normalized spacial score (nSPS) is 13.6. The molecule has 28 heavy (non-hydrogen) atoms. The molecule has 3 N–H and O–H groups in total. The number of nitrogens with one attached hydrogen (secondary N) is 1. The maximum atomic E-state index is 13.0. The first-order valence-corrected chi connectivity index (χ1v) is 7.55. The SMILES string of the molecule is Nc1ccc(C(=O)OCC(=O)Nc2ccc3c(c2)OC(F)(F)O3)cc1[N+](=O)[O-]. The molecule has 3 rings (SSSR count). The number of nitro groups is 1. The van der Waals surface area contributed by atoms with Gasteiger partial charge in [-0.25, -0.2) is 4.79 Å². The number of carbonyl (C=O) groups is 2. The summed E-state index contributed by atoms with van der Waals surface area (Å²) in [5.74, 6) is -2.22. The number of anilines is 2. The van der Waals surface area contributed by atoms with Gasteiger partial charge >= 0.3 is 12.3 Å². The number of alkyl halides is 2. The lowest BCUT2D eigenvalue weighted by molar-refractivity contribution is -0.383. The number of nitro benzene ring substituents is 1. The average molecular weight is 395 g/mol. The Morgan fingerprint density at radius 3 is 2.61 bits per heavy atom. The Balaban J connectivity index is 1.59. The van der Waals surface area contributed by atoms with Crippen molar-refractivity contribution < 1.29 is 37.5 Å². The number of amides is 1. The number of carbonyl (C=O) groups excluding carboxylic acids is 2. The highest BCUT2D eigenvalue weighted by molar-refractivity contribution is 5.96. The molecule has 0 aromatic heterocycles. The molecule has 2 aromatic rings. The van der Waals surface area contributed by atoms with E-state index in [1.807, 2.05) is 0 Å². The molecule has 0 saturated carbocycles. The number of nitrogens with two attached hydrogens (primary N) is 1. The standard InChI is InChI=1S/C16H11F2N3O7/c17-16(18)27-12-4-2-9(6-13(12)28-16)20-14(22)7-26-15(23)8-1-3-10(19)11(5-8)21(24)25/h1-6H,7,19H2,(H,20,22). The van der Waals surface area contributed by atoms with Gasteiger partial charge in [-0.3, -0.25) is 14.9 Å². The Hall–Kier alpha value is -3.96. The summed E-state index contributed by atoms with van der Waals surface area (Å²) in [6, 6.07) is 6.86. The molecule has 0 saturated heterocycles. The van der Waals surface area contributed by atoms with Crippen LogP contribution in [0.4, 0.5) is 25.8 Å². The van der Waals surface area contributed by atoms with E-state index in [9.17, 15) is 28.5 Å².